The minimum atomic E-state index is -4.19. The van der Waals surface area contributed by atoms with Gasteiger partial charge in [-0.15, -0.1) is 24.0 Å². The Bertz CT molecular complexity index is 668. The summed E-state index contributed by atoms with van der Waals surface area (Å²) in [6.45, 7) is 5.98. The van der Waals surface area contributed by atoms with Crippen LogP contribution in [-0.4, -0.2) is 69.6 Å². The van der Waals surface area contributed by atoms with Gasteiger partial charge in [0.2, 0.25) is 0 Å². The number of hydrogen-bond acceptors (Lipinski definition) is 4. The SMILES string of the molecule is CCNC(=NCc1ccc(C)cc1OC1CCOC1)NCCN(C)CC(F)(F)F.I. The molecule has 0 bridgehead atoms. The third-order valence-electron chi connectivity index (χ3n) is 4.39. The lowest BCUT2D eigenvalue weighted by Crippen LogP contribution is -2.42. The van der Waals surface area contributed by atoms with Crippen LogP contribution in [0, 0.1) is 6.92 Å². The van der Waals surface area contributed by atoms with Crippen LogP contribution in [0.3, 0.4) is 0 Å². The number of aryl methyl sites for hydroxylation is 1. The number of nitrogens with one attached hydrogen (secondary N) is 2. The standard InChI is InChI=1S/C20H31F3N4O2.HI/c1-4-24-19(25-8-9-27(3)14-20(21,22)23)26-12-16-6-5-15(2)11-18(16)29-17-7-10-28-13-17;/h5-6,11,17H,4,7-10,12-14H2,1-3H3,(H2,24,25,26);1H. The average molecular weight is 544 g/mol. The van der Waals surface area contributed by atoms with Crippen molar-refractivity contribution >= 4 is 29.9 Å². The molecule has 1 aromatic rings. The largest absolute Gasteiger partial charge is 0.488 e. The predicted molar refractivity (Wildman–Crippen MR) is 123 cm³/mol. The van der Waals surface area contributed by atoms with E-state index in [9.17, 15) is 13.2 Å². The van der Waals surface area contributed by atoms with Gasteiger partial charge in [-0.2, -0.15) is 13.2 Å². The Balaban J connectivity index is 0.00000450. The van der Waals surface area contributed by atoms with Crippen molar-refractivity contribution in [2.75, 3.05) is 46.4 Å². The maximum atomic E-state index is 12.4. The van der Waals surface area contributed by atoms with Gasteiger partial charge in [0, 0.05) is 31.6 Å². The summed E-state index contributed by atoms with van der Waals surface area (Å²) in [4.78, 5) is 5.79. The molecule has 30 heavy (non-hydrogen) atoms. The van der Waals surface area contributed by atoms with Gasteiger partial charge in [-0.25, -0.2) is 4.99 Å². The van der Waals surface area contributed by atoms with Crippen LogP contribution in [-0.2, 0) is 11.3 Å². The lowest BCUT2D eigenvalue weighted by molar-refractivity contribution is -0.142. The van der Waals surface area contributed by atoms with Crippen LogP contribution >= 0.6 is 24.0 Å². The number of hydrogen-bond donors (Lipinski definition) is 2. The monoisotopic (exact) mass is 544 g/mol. The molecule has 10 heteroatoms. The second-order valence-corrected chi connectivity index (χ2v) is 7.19. The van der Waals surface area contributed by atoms with Gasteiger partial charge in [0.1, 0.15) is 11.9 Å². The van der Waals surface area contributed by atoms with Crippen molar-refractivity contribution in [2.45, 2.75) is 39.1 Å². The van der Waals surface area contributed by atoms with Gasteiger partial charge in [0.15, 0.2) is 5.96 Å². The molecule has 1 atom stereocenters. The number of aliphatic imine (C=N–C) groups is 1. The first kappa shape index (κ1) is 26.8. The molecule has 0 amide bonds. The fourth-order valence-electron chi connectivity index (χ4n) is 2.94. The van der Waals surface area contributed by atoms with E-state index in [4.69, 9.17) is 9.47 Å². The summed E-state index contributed by atoms with van der Waals surface area (Å²) < 4.78 is 48.7. The zero-order valence-electron chi connectivity index (χ0n) is 17.7. The molecule has 0 aliphatic carbocycles. The van der Waals surface area contributed by atoms with Crippen LogP contribution in [0.5, 0.6) is 5.75 Å². The summed E-state index contributed by atoms with van der Waals surface area (Å²) >= 11 is 0. The first-order chi connectivity index (χ1) is 13.8. The molecule has 0 saturated carbocycles. The molecule has 6 nitrogen and oxygen atoms in total. The highest BCUT2D eigenvalue weighted by atomic mass is 127. The van der Waals surface area contributed by atoms with Crippen molar-refractivity contribution in [1.82, 2.24) is 15.5 Å². The number of nitrogens with zero attached hydrogens (tertiary/aromatic N) is 2. The van der Waals surface area contributed by atoms with Crippen molar-refractivity contribution in [1.29, 1.82) is 0 Å². The second-order valence-electron chi connectivity index (χ2n) is 7.19. The number of rotatable bonds is 9. The van der Waals surface area contributed by atoms with E-state index < -0.39 is 12.7 Å². The van der Waals surface area contributed by atoms with Gasteiger partial charge in [0.25, 0.3) is 0 Å². The highest BCUT2D eigenvalue weighted by Crippen LogP contribution is 2.24. The molecular formula is C20H32F3IN4O2. The van der Waals surface area contributed by atoms with E-state index in [1.807, 2.05) is 32.0 Å². The number of alkyl halides is 3. The molecular weight excluding hydrogens is 512 g/mol. The van der Waals surface area contributed by atoms with E-state index in [1.54, 1.807) is 0 Å². The van der Waals surface area contributed by atoms with Gasteiger partial charge in [-0.3, -0.25) is 4.90 Å². The summed E-state index contributed by atoms with van der Waals surface area (Å²) in [6.07, 6.45) is -3.28. The Hall–Kier alpha value is -1.27. The Labute approximate surface area is 193 Å². The third-order valence-corrected chi connectivity index (χ3v) is 4.39. The van der Waals surface area contributed by atoms with Crippen molar-refractivity contribution in [2.24, 2.45) is 4.99 Å². The summed E-state index contributed by atoms with van der Waals surface area (Å²) in [5.74, 6) is 1.36. The van der Waals surface area contributed by atoms with Crippen LogP contribution in [0.1, 0.15) is 24.5 Å². The molecule has 1 heterocycles. The molecule has 2 N–H and O–H groups in total. The minimum Gasteiger partial charge on any atom is -0.488 e. The molecule has 1 aliphatic rings. The molecule has 0 spiro atoms. The number of ether oxygens (including phenoxy) is 2. The molecule has 1 unspecified atom stereocenters. The molecule has 1 aromatic carbocycles. The van der Waals surface area contributed by atoms with E-state index in [2.05, 4.69) is 15.6 Å². The third kappa shape index (κ3) is 10.2. The zero-order chi connectivity index (χ0) is 21.3. The van der Waals surface area contributed by atoms with E-state index in [1.165, 1.54) is 11.9 Å². The normalized spacial score (nSPS) is 17.0. The quantitative estimate of drug-likeness (QED) is 0.284. The van der Waals surface area contributed by atoms with Gasteiger partial charge >= 0.3 is 6.18 Å². The van der Waals surface area contributed by atoms with E-state index >= 15 is 0 Å². The fourth-order valence-corrected chi connectivity index (χ4v) is 2.94. The van der Waals surface area contributed by atoms with Crippen LogP contribution < -0.4 is 15.4 Å². The first-order valence-corrected chi connectivity index (χ1v) is 9.88. The van der Waals surface area contributed by atoms with E-state index in [0.717, 1.165) is 23.3 Å². The van der Waals surface area contributed by atoms with Crippen molar-refractivity contribution in [3.8, 4) is 5.75 Å². The Morgan fingerprint density at radius 3 is 2.73 bits per heavy atom. The molecule has 172 valence electrons. The lowest BCUT2D eigenvalue weighted by Gasteiger charge is -2.19. The Morgan fingerprint density at radius 1 is 1.33 bits per heavy atom. The Morgan fingerprint density at radius 2 is 2.10 bits per heavy atom. The molecule has 1 fully saturated rings. The summed E-state index contributed by atoms with van der Waals surface area (Å²) in [5.41, 5.74) is 2.05. The predicted octanol–water partition coefficient (Wildman–Crippen LogP) is 3.33. The van der Waals surface area contributed by atoms with Crippen LogP contribution in [0.2, 0.25) is 0 Å². The minimum absolute atomic E-state index is 0. The molecule has 1 saturated heterocycles. The number of halogens is 4. The highest BCUT2D eigenvalue weighted by molar-refractivity contribution is 14.0. The van der Waals surface area contributed by atoms with Crippen LogP contribution in [0.4, 0.5) is 13.2 Å². The number of guanidine groups is 1. The van der Waals surface area contributed by atoms with Gasteiger partial charge in [-0.1, -0.05) is 12.1 Å². The number of benzene rings is 1. The summed E-state index contributed by atoms with van der Waals surface area (Å²) in [6, 6.07) is 6.00. The highest BCUT2D eigenvalue weighted by Gasteiger charge is 2.28. The lowest BCUT2D eigenvalue weighted by atomic mass is 10.1. The molecule has 1 aliphatic heterocycles. The van der Waals surface area contributed by atoms with E-state index in [-0.39, 0.29) is 36.6 Å². The van der Waals surface area contributed by atoms with Crippen molar-refractivity contribution < 1.29 is 22.6 Å². The molecule has 0 aromatic heterocycles. The van der Waals surface area contributed by atoms with Crippen LogP contribution in [0.25, 0.3) is 0 Å². The van der Waals surface area contributed by atoms with Crippen molar-refractivity contribution in [3.63, 3.8) is 0 Å². The zero-order valence-corrected chi connectivity index (χ0v) is 20.0. The summed E-state index contributed by atoms with van der Waals surface area (Å²) in [5, 5.41) is 6.20. The van der Waals surface area contributed by atoms with Crippen LogP contribution in [0.15, 0.2) is 23.2 Å². The first-order valence-electron chi connectivity index (χ1n) is 9.88. The maximum absolute atomic E-state index is 12.4. The Kier molecular flexibility index (Phi) is 11.8. The van der Waals surface area contributed by atoms with Gasteiger partial charge in [0.05, 0.1) is 26.3 Å². The van der Waals surface area contributed by atoms with Gasteiger partial charge < -0.3 is 20.1 Å². The average Bonchev–Trinajstić information content (AvgIpc) is 3.12. The summed E-state index contributed by atoms with van der Waals surface area (Å²) in [7, 11) is 1.45. The second kappa shape index (κ2) is 13.2. The topological polar surface area (TPSA) is 58.1 Å². The smallest absolute Gasteiger partial charge is 0.401 e. The maximum Gasteiger partial charge on any atom is 0.401 e. The van der Waals surface area contributed by atoms with Gasteiger partial charge in [-0.05, 0) is 32.5 Å². The fraction of sp³-hybridized carbons (Fsp3) is 0.650. The number of likely N-dealkylation sites (N-methyl/N-ethyl adjacent to an activating group) is 1. The molecule has 2 rings (SSSR count). The van der Waals surface area contributed by atoms with E-state index in [0.29, 0.717) is 38.8 Å². The van der Waals surface area contributed by atoms with Crippen molar-refractivity contribution in [3.05, 3.63) is 29.3 Å². The molecule has 0 radical (unpaired) electrons.